The Morgan fingerprint density at radius 3 is 2.34 bits per heavy atom. The Balaban J connectivity index is 1.44. The van der Waals surface area contributed by atoms with Gasteiger partial charge in [0.1, 0.15) is 5.75 Å². The average molecular weight is 428 g/mol. The van der Waals surface area contributed by atoms with Crippen LogP contribution >= 0.6 is 0 Å². The van der Waals surface area contributed by atoms with E-state index in [9.17, 15) is 9.59 Å². The number of hydrogen-bond donors (Lipinski definition) is 1. The molecule has 6 heteroatoms. The van der Waals surface area contributed by atoms with E-state index in [1.165, 1.54) is 6.92 Å². The number of carbonyl (C=O) groups excluding carboxylic acids is 2. The van der Waals surface area contributed by atoms with E-state index in [1.54, 1.807) is 42.5 Å². The minimum atomic E-state index is -0.346. The molecule has 1 heterocycles. The first kappa shape index (κ1) is 21.2. The van der Waals surface area contributed by atoms with Gasteiger partial charge in [0.2, 0.25) is 11.8 Å². The summed E-state index contributed by atoms with van der Waals surface area (Å²) in [6.45, 7) is 1.50. The molecule has 162 valence electrons. The minimum absolute atomic E-state index is 0.105. The molecule has 3 aromatic rings. The van der Waals surface area contributed by atoms with Gasteiger partial charge in [0.05, 0.1) is 19.6 Å². The number of ether oxygens (including phenoxy) is 2. The van der Waals surface area contributed by atoms with Gasteiger partial charge >= 0.3 is 0 Å². The molecule has 0 saturated carbocycles. The molecule has 0 radical (unpaired) electrons. The number of nitrogens with zero attached hydrogens (tertiary/aromatic N) is 1. The van der Waals surface area contributed by atoms with Crippen LogP contribution in [0.25, 0.3) is 6.08 Å². The summed E-state index contributed by atoms with van der Waals surface area (Å²) < 4.78 is 11.2. The second-order valence-electron chi connectivity index (χ2n) is 7.42. The van der Waals surface area contributed by atoms with Gasteiger partial charge in [-0.25, -0.2) is 0 Å². The second kappa shape index (κ2) is 9.39. The zero-order chi connectivity index (χ0) is 22.5. The summed E-state index contributed by atoms with van der Waals surface area (Å²) in [5, 5.41) is 2.91. The Bertz CT molecular complexity index is 1150. The Morgan fingerprint density at radius 1 is 0.938 bits per heavy atom. The topological polar surface area (TPSA) is 67.9 Å². The number of benzene rings is 3. The highest BCUT2D eigenvalue weighted by atomic mass is 16.5. The van der Waals surface area contributed by atoms with Crippen LogP contribution in [0.15, 0.2) is 79.0 Å². The fraction of sp³-hybridized carbons (Fsp3) is 0.154. The van der Waals surface area contributed by atoms with E-state index in [4.69, 9.17) is 9.47 Å². The molecule has 1 aliphatic heterocycles. The standard InChI is InChI=1S/C26H24N2O4/c1-18(29)28-16-15-19-7-3-4-8-22(19)23(28)17-26(30)27-20-11-13-21(14-12-20)32-25-10-6-5-9-24(25)31-2/h3-16,23H,17H2,1-2H3,(H,27,30). The van der Waals surface area contributed by atoms with Gasteiger partial charge in [-0.05, 0) is 53.6 Å². The number of hydrogen-bond acceptors (Lipinski definition) is 4. The van der Waals surface area contributed by atoms with Crippen molar-refractivity contribution < 1.29 is 19.1 Å². The number of methoxy groups -OCH3 is 1. The molecule has 3 aromatic carbocycles. The Kier molecular flexibility index (Phi) is 6.22. The zero-order valence-corrected chi connectivity index (χ0v) is 17.9. The number of fused-ring (bicyclic) bond motifs is 1. The summed E-state index contributed by atoms with van der Waals surface area (Å²) in [4.78, 5) is 26.5. The Hall–Kier alpha value is -4.06. The van der Waals surface area contributed by atoms with Crippen LogP contribution < -0.4 is 14.8 Å². The molecular weight excluding hydrogens is 404 g/mol. The molecule has 0 fully saturated rings. The van der Waals surface area contributed by atoms with Crippen LogP contribution in [0.1, 0.15) is 30.5 Å². The first-order valence-corrected chi connectivity index (χ1v) is 10.3. The molecule has 32 heavy (non-hydrogen) atoms. The van der Waals surface area contributed by atoms with Crippen LogP contribution in [0.2, 0.25) is 0 Å². The third kappa shape index (κ3) is 4.64. The predicted molar refractivity (Wildman–Crippen MR) is 123 cm³/mol. The lowest BCUT2D eigenvalue weighted by atomic mass is 9.93. The lowest BCUT2D eigenvalue weighted by Crippen LogP contribution is -2.33. The van der Waals surface area contributed by atoms with Gasteiger partial charge in [0.25, 0.3) is 0 Å². The van der Waals surface area contributed by atoms with Crippen molar-refractivity contribution in [3.05, 3.63) is 90.1 Å². The van der Waals surface area contributed by atoms with Crippen LogP contribution in [-0.4, -0.2) is 23.8 Å². The third-order valence-corrected chi connectivity index (χ3v) is 5.28. The quantitative estimate of drug-likeness (QED) is 0.572. The largest absolute Gasteiger partial charge is 0.493 e. The van der Waals surface area contributed by atoms with Gasteiger partial charge < -0.3 is 19.7 Å². The van der Waals surface area contributed by atoms with Gasteiger partial charge in [-0.15, -0.1) is 0 Å². The molecule has 1 unspecified atom stereocenters. The molecule has 6 nitrogen and oxygen atoms in total. The smallest absolute Gasteiger partial charge is 0.226 e. The maximum Gasteiger partial charge on any atom is 0.226 e. The van der Waals surface area contributed by atoms with E-state index in [2.05, 4.69) is 5.32 Å². The summed E-state index contributed by atoms with van der Waals surface area (Å²) in [7, 11) is 1.59. The monoisotopic (exact) mass is 428 g/mol. The Labute approximate surface area is 187 Å². The summed E-state index contributed by atoms with van der Waals surface area (Å²) in [6.07, 6.45) is 3.79. The third-order valence-electron chi connectivity index (χ3n) is 5.28. The van der Waals surface area contributed by atoms with E-state index < -0.39 is 0 Å². The average Bonchev–Trinajstić information content (AvgIpc) is 2.80. The summed E-state index contributed by atoms with van der Waals surface area (Å²) in [6, 6.07) is 22.0. The van der Waals surface area contributed by atoms with E-state index in [0.29, 0.717) is 22.9 Å². The highest BCUT2D eigenvalue weighted by Crippen LogP contribution is 2.34. The summed E-state index contributed by atoms with van der Waals surface area (Å²) in [5.41, 5.74) is 2.62. The van der Waals surface area contributed by atoms with E-state index in [-0.39, 0.29) is 24.3 Å². The van der Waals surface area contributed by atoms with E-state index in [1.807, 2.05) is 54.6 Å². The summed E-state index contributed by atoms with van der Waals surface area (Å²) >= 11 is 0. The first-order valence-electron chi connectivity index (χ1n) is 10.3. The lowest BCUT2D eigenvalue weighted by molar-refractivity contribution is -0.129. The summed E-state index contributed by atoms with van der Waals surface area (Å²) in [5.74, 6) is 1.60. The Morgan fingerprint density at radius 2 is 1.62 bits per heavy atom. The number of nitrogens with one attached hydrogen (secondary N) is 1. The molecule has 2 amide bonds. The maximum absolute atomic E-state index is 12.8. The second-order valence-corrected chi connectivity index (χ2v) is 7.42. The van der Waals surface area contributed by atoms with Crippen molar-refractivity contribution in [2.24, 2.45) is 0 Å². The van der Waals surface area contributed by atoms with Gasteiger partial charge in [-0.3, -0.25) is 9.59 Å². The van der Waals surface area contributed by atoms with Crippen molar-refractivity contribution in [3.8, 4) is 17.2 Å². The van der Waals surface area contributed by atoms with Crippen molar-refractivity contribution in [3.63, 3.8) is 0 Å². The molecule has 0 spiro atoms. The van der Waals surface area contributed by atoms with Crippen LogP contribution in [0.3, 0.4) is 0 Å². The fourth-order valence-corrected chi connectivity index (χ4v) is 3.74. The minimum Gasteiger partial charge on any atom is -0.493 e. The normalized spacial score (nSPS) is 14.4. The molecule has 0 bridgehead atoms. The molecule has 0 aromatic heterocycles. The number of amides is 2. The molecule has 0 saturated heterocycles. The maximum atomic E-state index is 12.8. The molecule has 1 N–H and O–H groups in total. The molecule has 4 rings (SSSR count). The van der Waals surface area contributed by atoms with Crippen molar-refractivity contribution in [2.45, 2.75) is 19.4 Å². The molecule has 0 aliphatic carbocycles. The highest BCUT2D eigenvalue weighted by Gasteiger charge is 2.28. The number of para-hydroxylation sites is 2. The fourth-order valence-electron chi connectivity index (χ4n) is 3.74. The molecular formula is C26H24N2O4. The van der Waals surface area contributed by atoms with Crippen LogP contribution in [0.5, 0.6) is 17.2 Å². The molecule has 1 aliphatic rings. The van der Waals surface area contributed by atoms with Crippen LogP contribution in [0.4, 0.5) is 5.69 Å². The first-order chi connectivity index (χ1) is 15.5. The number of anilines is 1. The zero-order valence-electron chi connectivity index (χ0n) is 17.9. The van der Waals surface area contributed by atoms with Crippen molar-refractivity contribution in [1.82, 2.24) is 4.90 Å². The van der Waals surface area contributed by atoms with Crippen LogP contribution in [0, 0.1) is 0 Å². The molecule has 1 atom stereocenters. The van der Waals surface area contributed by atoms with Crippen molar-refractivity contribution in [2.75, 3.05) is 12.4 Å². The SMILES string of the molecule is COc1ccccc1Oc1ccc(NC(=O)CC2c3ccccc3C=CN2C(C)=O)cc1. The predicted octanol–water partition coefficient (Wildman–Crippen LogP) is 5.39. The lowest BCUT2D eigenvalue weighted by Gasteiger charge is -2.32. The van der Waals surface area contributed by atoms with Gasteiger partial charge in [-0.1, -0.05) is 36.4 Å². The van der Waals surface area contributed by atoms with Crippen molar-refractivity contribution >= 4 is 23.6 Å². The highest BCUT2D eigenvalue weighted by molar-refractivity contribution is 5.92. The number of rotatable bonds is 6. The van der Waals surface area contributed by atoms with Crippen LogP contribution in [-0.2, 0) is 9.59 Å². The van der Waals surface area contributed by atoms with Gasteiger partial charge in [-0.2, -0.15) is 0 Å². The van der Waals surface area contributed by atoms with Gasteiger partial charge in [0, 0.05) is 18.8 Å². The van der Waals surface area contributed by atoms with Gasteiger partial charge in [0.15, 0.2) is 11.5 Å². The van der Waals surface area contributed by atoms with Crippen molar-refractivity contribution in [1.29, 1.82) is 0 Å². The van der Waals surface area contributed by atoms with E-state index >= 15 is 0 Å². The van der Waals surface area contributed by atoms with E-state index in [0.717, 1.165) is 11.1 Å². The number of carbonyl (C=O) groups is 2.